The number of alkyl halides is 3. The number of benzene rings is 3. The zero-order chi connectivity index (χ0) is 29.9. The summed E-state index contributed by atoms with van der Waals surface area (Å²) in [6.07, 6.45) is -4.87. The van der Waals surface area contributed by atoms with Crippen molar-refractivity contribution < 1.29 is 34.8 Å². The van der Waals surface area contributed by atoms with Gasteiger partial charge in [-0.3, -0.25) is 9.10 Å². The number of hydrogen-bond donors (Lipinski definition) is 1. The molecule has 0 aliphatic rings. The van der Waals surface area contributed by atoms with Crippen LogP contribution in [0.25, 0.3) is 0 Å². The van der Waals surface area contributed by atoms with Gasteiger partial charge in [0.2, 0.25) is 15.9 Å². The lowest BCUT2D eigenvalue weighted by molar-refractivity contribution is -0.137. The molecule has 0 saturated heterocycles. The Labute approximate surface area is 236 Å². The second kappa shape index (κ2) is 12.2. The van der Waals surface area contributed by atoms with Gasteiger partial charge in [-0.2, -0.15) is 17.5 Å². The molecule has 0 heterocycles. The van der Waals surface area contributed by atoms with Crippen molar-refractivity contribution in [3.63, 3.8) is 0 Å². The third kappa shape index (κ3) is 6.95. The summed E-state index contributed by atoms with van der Waals surface area (Å²) in [5.74, 6) is -0.876. The Kier molecular flexibility index (Phi) is 9.55. The fourth-order valence-corrected chi connectivity index (χ4v) is 6.89. The third-order valence-electron chi connectivity index (χ3n) is 5.92. The second-order valence-electron chi connectivity index (χ2n) is 8.65. The lowest BCUT2D eigenvalue weighted by Crippen LogP contribution is -2.38. The van der Waals surface area contributed by atoms with Gasteiger partial charge in [-0.05, 0) is 61.5 Å². The summed E-state index contributed by atoms with van der Waals surface area (Å²) < 4.78 is 94.9. The molecular formula is C26H27ClF3N3O5S2. The zero-order valence-corrected chi connectivity index (χ0v) is 24.1. The van der Waals surface area contributed by atoms with Gasteiger partial charge in [-0.1, -0.05) is 43.1 Å². The third-order valence-corrected chi connectivity index (χ3v) is 10.1. The highest BCUT2D eigenvalue weighted by Crippen LogP contribution is 2.38. The predicted octanol–water partition coefficient (Wildman–Crippen LogP) is 5.53. The zero-order valence-electron chi connectivity index (χ0n) is 21.7. The molecule has 40 heavy (non-hydrogen) atoms. The van der Waals surface area contributed by atoms with E-state index in [0.717, 1.165) is 17.7 Å². The van der Waals surface area contributed by atoms with Gasteiger partial charge >= 0.3 is 6.18 Å². The molecule has 3 rings (SSSR count). The highest BCUT2D eigenvalue weighted by atomic mass is 35.5. The number of halogens is 4. The van der Waals surface area contributed by atoms with Gasteiger partial charge in [-0.25, -0.2) is 16.8 Å². The van der Waals surface area contributed by atoms with Gasteiger partial charge in [0.15, 0.2) is 0 Å². The minimum atomic E-state index is -4.87. The minimum absolute atomic E-state index is 0.00128. The maximum atomic E-state index is 13.5. The molecule has 3 aromatic carbocycles. The summed E-state index contributed by atoms with van der Waals surface area (Å²) >= 11 is 5.72. The Morgan fingerprint density at radius 2 is 1.38 bits per heavy atom. The fourth-order valence-electron chi connectivity index (χ4n) is 3.79. The monoisotopic (exact) mass is 617 g/mol. The summed E-state index contributed by atoms with van der Waals surface area (Å²) in [7, 11) is -8.24. The van der Waals surface area contributed by atoms with Gasteiger partial charge in [-0.15, -0.1) is 0 Å². The van der Waals surface area contributed by atoms with Crippen molar-refractivity contribution in [3.8, 4) is 0 Å². The molecule has 0 fully saturated rings. The summed E-state index contributed by atoms with van der Waals surface area (Å²) in [4.78, 5) is 12.7. The second-order valence-corrected chi connectivity index (χ2v) is 12.9. The SMILES string of the molecule is CCN(CC)S(=O)(=O)c1ccc(NC(=O)CN(c2ccc(Cl)c(C(F)(F)F)c2)S(=O)(=O)c2ccc(C)cc2)cc1. The van der Waals surface area contributed by atoms with E-state index in [1.807, 2.05) is 0 Å². The van der Waals surface area contributed by atoms with Gasteiger partial charge in [0.25, 0.3) is 10.0 Å². The average Bonchev–Trinajstić information content (AvgIpc) is 2.88. The van der Waals surface area contributed by atoms with Gasteiger partial charge in [0.1, 0.15) is 6.54 Å². The highest BCUT2D eigenvalue weighted by molar-refractivity contribution is 7.92. The Hall–Kier alpha value is -3.13. The number of hydrogen-bond acceptors (Lipinski definition) is 5. The molecule has 3 aromatic rings. The maximum absolute atomic E-state index is 13.5. The van der Waals surface area contributed by atoms with Crippen LogP contribution in [-0.2, 0) is 31.0 Å². The first kappa shape index (κ1) is 31.4. The molecule has 0 aromatic heterocycles. The van der Waals surface area contributed by atoms with Gasteiger partial charge < -0.3 is 5.32 Å². The average molecular weight is 618 g/mol. The molecule has 0 aliphatic heterocycles. The lowest BCUT2D eigenvalue weighted by atomic mass is 10.2. The van der Waals surface area contributed by atoms with E-state index >= 15 is 0 Å². The van der Waals surface area contributed by atoms with Crippen molar-refractivity contribution in [1.82, 2.24) is 4.31 Å². The number of carbonyl (C=O) groups is 1. The Bertz CT molecular complexity index is 1580. The number of amides is 1. The van der Waals surface area contributed by atoms with Crippen molar-refractivity contribution in [1.29, 1.82) is 0 Å². The molecule has 0 bridgehead atoms. The first-order chi connectivity index (χ1) is 18.6. The summed E-state index contributed by atoms with van der Waals surface area (Å²) in [6, 6.07) is 13.4. The van der Waals surface area contributed by atoms with Crippen LogP contribution in [0.15, 0.2) is 76.5 Å². The molecule has 8 nitrogen and oxygen atoms in total. The van der Waals surface area contributed by atoms with Crippen molar-refractivity contribution >= 4 is 48.9 Å². The predicted molar refractivity (Wildman–Crippen MR) is 147 cm³/mol. The molecular weight excluding hydrogens is 591 g/mol. The quantitative estimate of drug-likeness (QED) is 0.322. The van der Waals surface area contributed by atoms with Crippen LogP contribution < -0.4 is 9.62 Å². The van der Waals surface area contributed by atoms with E-state index in [4.69, 9.17) is 11.6 Å². The normalized spacial score (nSPS) is 12.4. The van der Waals surface area contributed by atoms with E-state index in [1.165, 1.54) is 52.8 Å². The molecule has 0 unspecified atom stereocenters. The van der Waals surface area contributed by atoms with E-state index in [1.54, 1.807) is 20.8 Å². The number of carbonyl (C=O) groups excluding carboxylic acids is 1. The number of sulfonamides is 2. The smallest absolute Gasteiger partial charge is 0.325 e. The molecule has 216 valence electrons. The minimum Gasteiger partial charge on any atom is -0.325 e. The molecule has 1 amide bonds. The largest absolute Gasteiger partial charge is 0.417 e. The van der Waals surface area contributed by atoms with E-state index < -0.39 is 54.9 Å². The van der Waals surface area contributed by atoms with Gasteiger partial charge in [0, 0.05) is 18.8 Å². The number of anilines is 2. The Morgan fingerprint density at radius 3 is 1.90 bits per heavy atom. The van der Waals surface area contributed by atoms with Crippen molar-refractivity contribution in [2.75, 3.05) is 29.3 Å². The van der Waals surface area contributed by atoms with E-state index in [-0.39, 0.29) is 28.6 Å². The molecule has 0 aliphatic carbocycles. The number of nitrogens with zero attached hydrogens (tertiary/aromatic N) is 2. The van der Waals surface area contributed by atoms with E-state index in [0.29, 0.717) is 10.4 Å². The molecule has 0 atom stereocenters. The topological polar surface area (TPSA) is 104 Å². The van der Waals surface area contributed by atoms with Crippen molar-refractivity contribution in [2.24, 2.45) is 0 Å². The fraction of sp³-hybridized carbons (Fsp3) is 0.269. The molecule has 0 saturated carbocycles. The molecule has 0 spiro atoms. The number of rotatable bonds is 10. The molecule has 0 radical (unpaired) electrons. The Balaban J connectivity index is 1.96. The van der Waals surface area contributed by atoms with Crippen molar-refractivity contribution in [3.05, 3.63) is 82.9 Å². The van der Waals surface area contributed by atoms with Crippen LogP contribution in [0.3, 0.4) is 0 Å². The van der Waals surface area contributed by atoms with Crippen molar-refractivity contribution in [2.45, 2.75) is 36.7 Å². The van der Waals surface area contributed by atoms with Crippen LogP contribution >= 0.6 is 11.6 Å². The van der Waals surface area contributed by atoms with Crippen LogP contribution in [0.1, 0.15) is 25.0 Å². The number of nitrogens with one attached hydrogen (secondary N) is 1. The first-order valence-corrected chi connectivity index (χ1v) is 15.2. The van der Waals surface area contributed by atoms with Gasteiger partial charge in [0.05, 0.1) is 26.1 Å². The van der Waals surface area contributed by atoms with Crippen LogP contribution in [0, 0.1) is 6.92 Å². The summed E-state index contributed by atoms with van der Waals surface area (Å²) in [5.41, 5.74) is -0.780. The summed E-state index contributed by atoms with van der Waals surface area (Å²) in [6.45, 7) is 4.78. The van der Waals surface area contributed by atoms with Crippen LogP contribution in [0.5, 0.6) is 0 Å². The van der Waals surface area contributed by atoms with E-state index in [9.17, 15) is 34.8 Å². The number of aryl methyl sites for hydroxylation is 1. The van der Waals surface area contributed by atoms with Crippen LogP contribution in [-0.4, -0.2) is 46.7 Å². The first-order valence-electron chi connectivity index (χ1n) is 12.0. The molecule has 1 N–H and O–H groups in total. The summed E-state index contributed by atoms with van der Waals surface area (Å²) in [5, 5.41) is 1.83. The van der Waals surface area contributed by atoms with Crippen LogP contribution in [0.2, 0.25) is 5.02 Å². The van der Waals surface area contributed by atoms with E-state index in [2.05, 4.69) is 5.32 Å². The Morgan fingerprint density at radius 1 is 0.850 bits per heavy atom. The highest BCUT2D eigenvalue weighted by Gasteiger charge is 2.35. The maximum Gasteiger partial charge on any atom is 0.417 e. The van der Waals surface area contributed by atoms with Crippen LogP contribution in [0.4, 0.5) is 24.5 Å². The molecule has 14 heteroatoms. The lowest BCUT2D eigenvalue weighted by Gasteiger charge is -2.25. The standard InChI is InChI=1S/C26H27ClF3N3O5S2/c1-4-32(5-2)39(35,36)21-13-8-19(9-14-21)31-25(34)17-33(40(37,38)22-11-6-18(3)7-12-22)20-10-15-24(27)23(16-20)26(28,29)30/h6-16H,4-5,17H2,1-3H3,(H,31,34).